The second kappa shape index (κ2) is 5.48. The van der Waals surface area contributed by atoms with Gasteiger partial charge in [0, 0.05) is 13.6 Å². The molecular formula is C14H21N5O2. The van der Waals surface area contributed by atoms with Crippen molar-refractivity contribution in [3.63, 3.8) is 0 Å². The van der Waals surface area contributed by atoms with Crippen LogP contribution in [0.3, 0.4) is 0 Å². The van der Waals surface area contributed by atoms with Gasteiger partial charge < -0.3 is 10.3 Å². The molecule has 2 bridgehead atoms. The Morgan fingerprint density at radius 2 is 2.29 bits per heavy atom. The van der Waals surface area contributed by atoms with Crippen molar-refractivity contribution in [1.82, 2.24) is 4.98 Å². The average Bonchev–Trinajstić information content (AvgIpc) is 3.09. The first-order chi connectivity index (χ1) is 10.1. The molecule has 3 unspecified atom stereocenters. The van der Waals surface area contributed by atoms with E-state index in [1.54, 1.807) is 0 Å². The predicted octanol–water partition coefficient (Wildman–Crippen LogP) is 2.15. The third-order valence-corrected chi connectivity index (χ3v) is 4.94. The smallest absolute Gasteiger partial charge is 0.276 e. The van der Waals surface area contributed by atoms with Crippen LogP contribution in [0.5, 0.6) is 0 Å². The number of rotatable bonds is 5. The molecule has 2 saturated carbocycles. The lowest BCUT2D eigenvalue weighted by atomic mass is 9.88. The van der Waals surface area contributed by atoms with E-state index in [1.807, 2.05) is 11.9 Å². The number of nitrogens with one attached hydrogen (secondary N) is 1. The fraction of sp³-hybridized carbons (Fsp3) is 0.643. The fourth-order valence-electron chi connectivity index (χ4n) is 3.92. The molecule has 2 aliphatic carbocycles. The van der Waals surface area contributed by atoms with Crippen LogP contribution in [0, 0.1) is 27.9 Å². The monoisotopic (exact) mass is 291 g/mol. The number of nitrogens with two attached hydrogens (primary N) is 1. The Kier molecular flexibility index (Phi) is 3.67. The molecule has 3 atom stereocenters. The number of hydrazine groups is 1. The standard InChI is InChI=1S/C14H21N5O2/c1-18(8-11-5-9-2-3-10(11)4-9)14-7-12(19(20)21)6-13(16-14)17-15/h6-7,9-11H,2-5,8,15H2,1H3,(H,16,17). The largest absolute Gasteiger partial charge is 0.359 e. The summed E-state index contributed by atoms with van der Waals surface area (Å²) in [7, 11) is 1.94. The highest BCUT2D eigenvalue weighted by Crippen LogP contribution is 2.48. The van der Waals surface area contributed by atoms with E-state index in [0.717, 1.165) is 18.4 Å². The quantitative estimate of drug-likeness (QED) is 0.490. The van der Waals surface area contributed by atoms with Crippen LogP contribution in [0.4, 0.5) is 17.3 Å². The average molecular weight is 291 g/mol. The summed E-state index contributed by atoms with van der Waals surface area (Å²) in [6.45, 7) is 0.902. The van der Waals surface area contributed by atoms with Crippen molar-refractivity contribution in [3.8, 4) is 0 Å². The number of anilines is 2. The Morgan fingerprint density at radius 3 is 2.86 bits per heavy atom. The summed E-state index contributed by atoms with van der Waals surface area (Å²) in [5.74, 6) is 8.67. The van der Waals surface area contributed by atoms with E-state index in [2.05, 4.69) is 10.4 Å². The molecule has 2 fully saturated rings. The second-order valence-corrected chi connectivity index (χ2v) is 6.29. The molecule has 114 valence electrons. The number of pyridine rings is 1. The Labute approximate surface area is 123 Å². The van der Waals surface area contributed by atoms with Crippen molar-refractivity contribution < 1.29 is 4.92 Å². The molecule has 7 nitrogen and oxygen atoms in total. The van der Waals surface area contributed by atoms with Gasteiger partial charge in [-0.3, -0.25) is 10.1 Å². The third-order valence-electron chi connectivity index (χ3n) is 4.94. The zero-order valence-electron chi connectivity index (χ0n) is 12.2. The van der Waals surface area contributed by atoms with Gasteiger partial charge in [0.05, 0.1) is 17.1 Å². The maximum atomic E-state index is 11.0. The van der Waals surface area contributed by atoms with E-state index in [4.69, 9.17) is 5.84 Å². The molecule has 7 heteroatoms. The first-order valence-corrected chi connectivity index (χ1v) is 7.41. The van der Waals surface area contributed by atoms with E-state index < -0.39 is 4.92 Å². The fourth-order valence-corrected chi connectivity index (χ4v) is 3.92. The maximum absolute atomic E-state index is 11.0. The molecule has 0 amide bonds. The summed E-state index contributed by atoms with van der Waals surface area (Å²) in [6, 6.07) is 2.85. The van der Waals surface area contributed by atoms with Crippen molar-refractivity contribution in [2.75, 3.05) is 23.9 Å². The zero-order valence-corrected chi connectivity index (χ0v) is 12.2. The van der Waals surface area contributed by atoms with Gasteiger partial charge in [0.1, 0.15) is 11.6 Å². The number of nitrogens with zero attached hydrogens (tertiary/aromatic N) is 3. The Balaban J connectivity index is 1.75. The van der Waals surface area contributed by atoms with E-state index in [9.17, 15) is 10.1 Å². The normalized spacial score (nSPS) is 26.9. The minimum Gasteiger partial charge on any atom is -0.359 e. The third kappa shape index (κ3) is 2.78. The summed E-state index contributed by atoms with van der Waals surface area (Å²) >= 11 is 0. The van der Waals surface area contributed by atoms with Gasteiger partial charge in [-0.25, -0.2) is 10.8 Å². The Hall–Kier alpha value is -1.89. The molecule has 1 aromatic heterocycles. The van der Waals surface area contributed by atoms with Crippen LogP contribution in [0.1, 0.15) is 25.7 Å². The van der Waals surface area contributed by atoms with Crippen LogP contribution in [0.2, 0.25) is 0 Å². The van der Waals surface area contributed by atoms with E-state index in [1.165, 1.54) is 37.8 Å². The number of nitro groups is 1. The highest BCUT2D eigenvalue weighted by Gasteiger charge is 2.39. The first kappa shape index (κ1) is 14.1. The van der Waals surface area contributed by atoms with Crippen LogP contribution in [0.25, 0.3) is 0 Å². The predicted molar refractivity (Wildman–Crippen MR) is 80.9 cm³/mol. The zero-order chi connectivity index (χ0) is 15.0. The molecule has 3 rings (SSSR count). The van der Waals surface area contributed by atoms with Gasteiger partial charge in [-0.1, -0.05) is 6.42 Å². The molecule has 0 spiro atoms. The molecular weight excluding hydrogens is 270 g/mol. The number of aromatic nitrogens is 1. The summed E-state index contributed by atoms with van der Waals surface area (Å²) in [5, 5.41) is 11.0. The van der Waals surface area contributed by atoms with Crippen LogP contribution >= 0.6 is 0 Å². The van der Waals surface area contributed by atoms with Crippen LogP contribution < -0.4 is 16.2 Å². The number of nitrogen functional groups attached to an aromatic ring is 1. The van der Waals surface area contributed by atoms with Crippen LogP contribution in [-0.4, -0.2) is 23.5 Å². The maximum Gasteiger partial charge on any atom is 0.276 e. The van der Waals surface area contributed by atoms with Gasteiger partial charge in [0.15, 0.2) is 0 Å². The van der Waals surface area contributed by atoms with Gasteiger partial charge >= 0.3 is 0 Å². The van der Waals surface area contributed by atoms with E-state index in [-0.39, 0.29) is 5.69 Å². The highest BCUT2D eigenvalue weighted by atomic mass is 16.6. The number of fused-ring (bicyclic) bond motifs is 2. The highest BCUT2D eigenvalue weighted by molar-refractivity contribution is 5.55. The molecule has 0 aromatic carbocycles. The lowest BCUT2D eigenvalue weighted by Gasteiger charge is -2.28. The van der Waals surface area contributed by atoms with Crippen molar-refractivity contribution in [2.24, 2.45) is 23.6 Å². The molecule has 1 heterocycles. The molecule has 21 heavy (non-hydrogen) atoms. The van der Waals surface area contributed by atoms with Gasteiger partial charge in [-0.15, -0.1) is 0 Å². The Morgan fingerprint density at radius 1 is 1.48 bits per heavy atom. The lowest BCUT2D eigenvalue weighted by molar-refractivity contribution is -0.384. The molecule has 1 aromatic rings. The van der Waals surface area contributed by atoms with Crippen LogP contribution in [-0.2, 0) is 0 Å². The van der Waals surface area contributed by atoms with Crippen molar-refractivity contribution in [3.05, 3.63) is 22.2 Å². The summed E-state index contributed by atoms with van der Waals surface area (Å²) in [5.41, 5.74) is 2.40. The SMILES string of the molecule is CN(CC1CC2CCC1C2)c1cc([N+](=O)[O-])cc(NN)n1. The van der Waals surface area contributed by atoms with Gasteiger partial charge in [-0.2, -0.15) is 0 Å². The first-order valence-electron chi connectivity index (χ1n) is 7.41. The molecule has 0 radical (unpaired) electrons. The van der Waals surface area contributed by atoms with Crippen molar-refractivity contribution >= 4 is 17.3 Å². The second-order valence-electron chi connectivity index (χ2n) is 6.29. The van der Waals surface area contributed by atoms with Crippen LogP contribution in [0.15, 0.2) is 12.1 Å². The Bertz CT molecular complexity index is 550. The molecule has 2 aliphatic rings. The minimum absolute atomic E-state index is 0.00717. The van der Waals surface area contributed by atoms with Gasteiger partial charge in [0.25, 0.3) is 5.69 Å². The summed E-state index contributed by atoms with van der Waals surface area (Å²) in [4.78, 5) is 16.9. The van der Waals surface area contributed by atoms with Crippen molar-refractivity contribution in [1.29, 1.82) is 0 Å². The molecule has 0 aliphatic heterocycles. The van der Waals surface area contributed by atoms with E-state index in [0.29, 0.717) is 17.6 Å². The topological polar surface area (TPSA) is 97.3 Å². The van der Waals surface area contributed by atoms with Gasteiger partial charge in [0.2, 0.25) is 0 Å². The number of hydrogen-bond donors (Lipinski definition) is 2. The number of hydrogen-bond acceptors (Lipinski definition) is 6. The lowest BCUT2D eigenvalue weighted by Crippen LogP contribution is -2.29. The van der Waals surface area contributed by atoms with Crippen molar-refractivity contribution in [2.45, 2.75) is 25.7 Å². The minimum atomic E-state index is -0.419. The molecule has 0 saturated heterocycles. The summed E-state index contributed by atoms with van der Waals surface area (Å²) < 4.78 is 0. The summed E-state index contributed by atoms with van der Waals surface area (Å²) in [6.07, 6.45) is 5.35. The molecule has 3 N–H and O–H groups in total. The van der Waals surface area contributed by atoms with E-state index >= 15 is 0 Å². The van der Waals surface area contributed by atoms with Gasteiger partial charge in [-0.05, 0) is 37.0 Å².